The standard InChI is InChI=1S/C17H9ClFN5OS2/c18-14-12(8-20)16(27-23-14)26-17-22-21-15(11-5-1-2-6-13(11)19)24(17)9-10-4-3-7-25-10/h1-7H,9H2. The van der Waals surface area contributed by atoms with Gasteiger partial charge in [0.2, 0.25) is 0 Å². The summed E-state index contributed by atoms with van der Waals surface area (Å²) in [7, 11) is 0. The topological polar surface area (TPSA) is 80.5 Å². The van der Waals surface area contributed by atoms with Gasteiger partial charge < -0.3 is 4.42 Å². The highest BCUT2D eigenvalue weighted by atomic mass is 35.5. The second kappa shape index (κ2) is 7.52. The van der Waals surface area contributed by atoms with Gasteiger partial charge >= 0.3 is 0 Å². The summed E-state index contributed by atoms with van der Waals surface area (Å²) in [6.45, 7) is 0.306. The molecule has 6 nitrogen and oxygen atoms in total. The molecule has 10 heteroatoms. The summed E-state index contributed by atoms with van der Waals surface area (Å²) >= 11 is 8.25. The molecule has 0 radical (unpaired) electrons. The summed E-state index contributed by atoms with van der Waals surface area (Å²) in [5.41, 5.74) is 0.609. The van der Waals surface area contributed by atoms with Crippen LogP contribution >= 0.6 is 34.9 Å². The van der Waals surface area contributed by atoms with Crippen LogP contribution < -0.4 is 0 Å². The molecule has 0 unspecified atom stereocenters. The van der Waals surface area contributed by atoms with Gasteiger partial charge in [0.25, 0.3) is 0 Å². The molecule has 0 N–H and O–H groups in total. The molecule has 134 valence electrons. The summed E-state index contributed by atoms with van der Waals surface area (Å²) in [5.74, 6) is 0.624. The SMILES string of the molecule is N#Cc1c(Cl)nsc1Sc1nnc(-c2ccccc2F)n1Cc1ccco1. The Morgan fingerprint density at radius 3 is 2.85 bits per heavy atom. The van der Waals surface area contributed by atoms with Gasteiger partial charge in [-0.15, -0.1) is 10.2 Å². The third-order valence-electron chi connectivity index (χ3n) is 3.64. The minimum atomic E-state index is -0.402. The molecule has 0 aliphatic carbocycles. The van der Waals surface area contributed by atoms with Crippen LogP contribution in [-0.2, 0) is 6.54 Å². The van der Waals surface area contributed by atoms with Crippen molar-refractivity contribution < 1.29 is 8.81 Å². The summed E-state index contributed by atoms with van der Waals surface area (Å²) in [6, 6.07) is 12.0. The second-order valence-electron chi connectivity index (χ2n) is 5.30. The minimum absolute atomic E-state index is 0.149. The molecule has 0 fully saturated rings. The first-order valence-electron chi connectivity index (χ1n) is 7.61. The molecule has 4 rings (SSSR count). The van der Waals surface area contributed by atoms with Gasteiger partial charge in [-0.25, -0.2) is 4.39 Å². The molecule has 3 aromatic heterocycles. The smallest absolute Gasteiger partial charge is 0.197 e. The maximum absolute atomic E-state index is 14.3. The maximum Gasteiger partial charge on any atom is 0.197 e. The Morgan fingerprint density at radius 2 is 2.11 bits per heavy atom. The van der Waals surface area contributed by atoms with Crippen LogP contribution in [0.15, 0.2) is 56.4 Å². The number of furan rings is 1. The quantitative estimate of drug-likeness (QED) is 0.461. The minimum Gasteiger partial charge on any atom is -0.467 e. The van der Waals surface area contributed by atoms with E-state index in [0.717, 1.165) is 11.5 Å². The van der Waals surface area contributed by atoms with Crippen molar-refractivity contribution in [3.05, 3.63) is 65.0 Å². The van der Waals surface area contributed by atoms with Crippen molar-refractivity contribution in [3.63, 3.8) is 0 Å². The highest BCUT2D eigenvalue weighted by Gasteiger charge is 2.21. The van der Waals surface area contributed by atoms with Crippen LogP contribution in [0.2, 0.25) is 5.15 Å². The average molecular weight is 418 g/mol. The number of nitrogens with zero attached hydrogens (tertiary/aromatic N) is 5. The Labute approximate surface area is 166 Å². The van der Waals surface area contributed by atoms with Crippen molar-refractivity contribution in [2.45, 2.75) is 15.9 Å². The lowest BCUT2D eigenvalue weighted by Gasteiger charge is -2.09. The summed E-state index contributed by atoms with van der Waals surface area (Å²) < 4.78 is 26.1. The molecule has 0 bridgehead atoms. The molecule has 27 heavy (non-hydrogen) atoms. The van der Waals surface area contributed by atoms with Gasteiger partial charge in [0.1, 0.15) is 27.4 Å². The number of hydrogen-bond acceptors (Lipinski definition) is 7. The highest BCUT2D eigenvalue weighted by Crippen LogP contribution is 2.37. The van der Waals surface area contributed by atoms with Gasteiger partial charge in [0, 0.05) is 0 Å². The fourth-order valence-electron chi connectivity index (χ4n) is 2.41. The van der Waals surface area contributed by atoms with E-state index in [1.807, 2.05) is 12.1 Å². The molecule has 0 saturated heterocycles. The molecule has 0 saturated carbocycles. The van der Waals surface area contributed by atoms with Crippen LogP contribution in [0.5, 0.6) is 0 Å². The van der Waals surface area contributed by atoms with Crippen LogP contribution in [0.4, 0.5) is 4.39 Å². The molecule has 4 aromatic rings. The van der Waals surface area contributed by atoms with Crippen LogP contribution in [0.1, 0.15) is 11.3 Å². The van der Waals surface area contributed by atoms with Crippen LogP contribution in [0.3, 0.4) is 0 Å². The monoisotopic (exact) mass is 417 g/mol. The Bertz CT molecular complexity index is 1130. The van der Waals surface area contributed by atoms with E-state index in [1.165, 1.54) is 17.8 Å². The second-order valence-corrected chi connectivity index (χ2v) is 7.67. The number of halogens is 2. The van der Waals surface area contributed by atoms with E-state index < -0.39 is 5.82 Å². The zero-order valence-corrected chi connectivity index (χ0v) is 15.9. The van der Waals surface area contributed by atoms with Gasteiger partial charge in [-0.05, 0) is 47.6 Å². The van der Waals surface area contributed by atoms with Gasteiger partial charge in [-0.2, -0.15) is 9.64 Å². The van der Waals surface area contributed by atoms with Crippen molar-refractivity contribution in [2.24, 2.45) is 0 Å². The van der Waals surface area contributed by atoms with Crippen LogP contribution in [0, 0.1) is 17.1 Å². The van der Waals surface area contributed by atoms with Crippen molar-refractivity contribution >= 4 is 34.9 Å². The first-order chi connectivity index (χ1) is 13.2. The molecule has 1 aromatic carbocycles. The number of benzene rings is 1. The first kappa shape index (κ1) is 17.7. The normalized spacial score (nSPS) is 10.9. The molecule has 0 atom stereocenters. The third kappa shape index (κ3) is 3.47. The van der Waals surface area contributed by atoms with Crippen molar-refractivity contribution in [1.82, 2.24) is 19.1 Å². The number of rotatable bonds is 5. The summed E-state index contributed by atoms with van der Waals surface area (Å²) in [6.07, 6.45) is 1.56. The van der Waals surface area contributed by atoms with Crippen molar-refractivity contribution in [3.8, 4) is 17.5 Å². The lowest BCUT2D eigenvalue weighted by molar-refractivity contribution is 0.485. The van der Waals surface area contributed by atoms with Gasteiger partial charge in [-0.3, -0.25) is 4.57 Å². The molecule has 0 aliphatic heterocycles. The van der Waals surface area contributed by atoms with E-state index >= 15 is 0 Å². The van der Waals surface area contributed by atoms with E-state index in [2.05, 4.69) is 14.6 Å². The molecule has 0 amide bonds. The molecule has 0 aliphatic rings. The zero-order valence-electron chi connectivity index (χ0n) is 13.5. The number of nitriles is 1. The maximum atomic E-state index is 14.3. The Morgan fingerprint density at radius 1 is 1.26 bits per heavy atom. The van der Waals surface area contributed by atoms with Crippen LogP contribution in [-0.4, -0.2) is 19.1 Å². The van der Waals surface area contributed by atoms with E-state index in [4.69, 9.17) is 16.0 Å². The average Bonchev–Trinajstić information content (AvgIpc) is 3.39. The van der Waals surface area contributed by atoms with E-state index in [0.29, 0.717) is 33.1 Å². The fraction of sp³-hybridized carbons (Fsp3) is 0.0588. The summed E-state index contributed by atoms with van der Waals surface area (Å²) in [4.78, 5) is 0. The number of aromatic nitrogens is 4. The summed E-state index contributed by atoms with van der Waals surface area (Å²) in [5, 5.41) is 18.3. The zero-order chi connectivity index (χ0) is 18.8. The molecular formula is C17H9ClFN5OS2. The largest absolute Gasteiger partial charge is 0.467 e. The van der Waals surface area contributed by atoms with E-state index in [9.17, 15) is 9.65 Å². The third-order valence-corrected chi connectivity index (χ3v) is 6.01. The Balaban J connectivity index is 1.80. The van der Waals surface area contributed by atoms with E-state index in [1.54, 1.807) is 35.1 Å². The van der Waals surface area contributed by atoms with Gasteiger partial charge in [0.05, 0.1) is 18.4 Å². The van der Waals surface area contributed by atoms with E-state index in [-0.39, 0.29) is 10.7 Å². The van der Waals surface area contributed by atoms with Gasteiger partial charge in [0.15, 0.2) is 16.1 Å². The van der Waals surface area contributed by atoms with Crippen molar-refractivity contribution in [1.29, 1.82) is 5.26 Å². The molecule has 3 heterocycles. The molecular weight excluding hydrogens is 409 g/mol. The predicted molar refractivity (Wildman–Crippen MR) is 99.2 cm³/mol. The lowest BCUT2D eigenvalue weighted by atomic mass is 10.2. The predicted octanol–water partition coefficient (Wildman–Crippen LogP) is 4.86. The first-order valence-corrected chi connectivity index (χ1v) is 9.57. The van der Waals surface area contributed by atoms with Gasteiger partial charge in [-0.1, -0.05) is 23.7 Å². The lowest BCUT2D eigenvalue weighted by Crippen LogP contribution is -2.04. The highest BCUT2D eigenvalue weighted by molar-refractivity contribution is 8.01. The van der Waals surface area contributed by atoms with Crippen molar-refractivity contribution in [2.75, 3.05) is 0 Å². The Kier molecular flexibility index (Phi) is 4.94. The molecule has 0 spiro atoms. The van der Waals surface area contributed by atoms with Crippen LogP contribution in [0.25, 0.3) is 11.4 Å². The number of hydrogen-bond donors (Lipinski definition) is 0. The fourth-order valence-corrected chi connectivity index (χ4v) is 4.49. The Hall–Kier alpha value is -2.67.